The molecule has 0 bridgehead atoms. The minimum Gasteiger partial charge on any atom is -0.495 e. The molecular formula is C19H27N3O5S2. The molecule has 0 spiro atoms. The van der Waals surface area contributed by atoms with Gasteiger partial charge in [-0.15, -0.1) is 0 Å². The monoisotopic (exact) mass is 441 g/mol. The van der Waals surface area contributed by atoms with Gasteiger partial charge in [0.15, 0.2) is 5.13 Å². The number of aromatic nitrogens is 1. The fourth-order valence-electron chi connectivity index (χ4n) is 2.39. The number of hydrogen-bond donors (Lipinski definition) is 2. The van der Waals surface area contributed by atoms with E-state index in [2.05, 4.69) is 15.0 Å². The Morgan fingerprint density at radius 3 is 2.52 bits per heavy atom. The quantitative estimate of drug-likeness (QED) is 0.610. The number of nitrogens with zero attached hydrogens (tertiary/aromatic N) is 1. The molecule has 2 aromatic rings. The molecular weight excluding hydrogens is 414 g/mol. The zero-order valence-electron chi connectivity index (χ0n) is 17.5. The van der Waals surface area contributed by atoms with E-state index in [0.29, 0.717) is 16.4 Å². The summed E-state index contributed by atoms with van der Waals surface area (Å²) in [5.74, 6) is 0.0974. The summed E-state index contributed by atoms with van der Waals surface area (Å²) >= 11 is 1.29. The summed E-state index contributed by atoms with van der Waals surface area (Å²) in [4.78, 5) is 17.4. The number of benzene rings is 1. The summed E-state index contributed by atoms with van der Waals surface area (Å²) in [5.41, 5.74) is 0.818. The molecule has 8 nitrogen and oxygen atoms in total. The van der Waals surface area contributed by atoms with Crippen molar-refractivity contribution in [1.82, 2.24) is 9.71 Å². The van der Waals surface area contributed by atoms with Crippen LogP contribution in [0, 0.1) is 12.3 Å². The maximum Gasteiger partial charge on any atom is 0.244 e. The lowest BCUT2D eigenvalue weighted by molar-refractivity contribution is -0.123. The zero-order valence-corrected chi connectivity index (χ0v) is 19.1. The largest absolute Gasteiger partial charge is 0.495 e. The van der Waals surface area contributed by atoms with Crippen LogP contribution in [-0.4, -0.2) is 46.7 Å². The van der Waals surface area contributed by atoms with Gasteiger partial charge in [-0.2, -0.15) is 0 Å². The van der Waals surface area contributed by atoms with Crippen LogP contribution in [0.4, 0.5) is 5.13 Å². The number of hydrogen-bond acceptors (Lipinski definition) is 7. The van der Waals surface area contributed by atoms with Gasteiger partial charge in [0.2, 0.25) is 15.9 Å². The SMILES string of the molecule is COCCNS(=O)(=O)c1cc(-c2sc(NC(=O)C(C)(C)C)nc2C)ccc1OC. The summed E-state index contributed by atoms with van der Waals surface area (Å²) < 4.78 is 38.0. The molecule has 2 N–H and O–H groups in total. The first-order valence-electron chi connectivity index (χ1n) is 8.95. The molecule has 0 aliphatic heterocycles. The second-order valence-corrected chi connectivity index (χ2v) is 10.1. The third-order valence-corrected chi connectivity index (χ3v) is 6.62. The van der Waals surface area contributed by atoms with Gasteiger partial charge < -0.3 is 14.8 Å². The lowest BCUT2D eigenvalue weighted by Crippen LogP contribution is -2.27. The van der Waals surface area contributed by atoms with Gasteiger partial charge >= 0.3 is 0 Å². The third-order valence-electron chi connectivity index (χ3n) is 4.01. The molecule has 10 heteroatoms. The Hall–Kier alpha value is -2.01. The number of carbonyl (C=O) groups is 1. The molecule has 1 amide bonds. The van der Waals surface area contributed by atoms with Crippen molar-refractivity contribution in [1.29, 1.82) is 0 Å². The number of thiazole rings is 1. The van der Waals surface area contributed by atoms with Gasteiger partial charge in [-0.1, -0.05) is 32.1 Å². The van der Waals surface area contributed by atoms with E-state index in [1.807, 2.05) is 27.7 Å². The number of carbonyl (C=O) groups excluding carboxylic acids is 1. The van der Waals surface area contributed by atoms with Crippen LogP contribution in [0.25, 0.3) is 10.4 Å². The number of amides is 1. The van der Waals surface area contributed by atoms with Crippen molar-refractivity contribution >= 4 is 32.4 Å². The van der Waals surface area contributed by atoms with E-state index in [4.69, 9.17) is 9.47 Å². The Morgan fingerprint density at radius 1 is 1.24 bits per heavy atom. The number of sulfonamides is 1. The molecule has 0 radical (unpaired) electrons. The van der Waals surface area contributed by atoms with Crippen LogP contribution in [0.1, 0.15) is 26.5 Å². The number of methoxy groups -OCH3 is 2. The molecule has 0 atom stereocenters. The Balaban J connectivity index is 2.40. The molecule has 29 heavy (non-hydrogen) atoms. The molecule has 1 aromatic carbocycles. The fourth-order valence-corrected chi connectivity index (χ4v) is 4.55. The van der Waals surface area contributed by atoms with Crippen molar-refractivity contribution in [2.24, 2.45) is 5.41 Å². The van der Waals surface area contributed by atoms with E-state index in [9.17, 15) is 13.2 Å². The predicted molar refractivity (Wildman–Crippen MR) is 114 cm³/mol. The van der Waals surface area contributed by atoms with Gasteiger partial charge in [0, 0.05) is 19.1 Å². The first-order chi connectivity index (χ1) is 13.5. The first kappa shape index (κ1) is 23.3. The van der Waals surface area contributed by atoms with E-state index in [0.717, 1.165) is 4.88 Å². The second kappa shape index (κ2) is 9.21. The molecule has 2 rings (SSSR count). The zero-order chi connectivity index (χ0) is 21.8. The molecule has 0 unspecified atom stereocenters. The molecule has 1 heterocycles. The Morgan fingerprint density at radius 2 is 1.93 bits per heavy atom. The van der Waals surface area contributed by atoms with Crippen LogP contribution < -0.4 is 14.8 Å². The Kier molecular flexibility index (Phi) is 7.39. The fraction of sp³-hybridized carbons (Fsp3) is 0.474. The van der Waals surface area contributed by atoms with Crippen molar-refractivity contribution in [2.75, 3.05) is 32.7 Å². The first-order valence-corrected chi connectivity index (χ1v) is 11.3. The smallest absolute Gasteiger partial charge is 0.244 e. The number of nitrogens with one attached hydrogen (secondary N) is 2. The molecule has 0 saturated carbocycles. The second-order valence-electron chi connectivity index (χ2n) is 7.39. The molecule has 0 fully saturated rings. The van der Waals surface area contributed by atoms with E-state index >= 15 is 0 Å². The molecule has 0 aliphatic rings. The predicted octanol–water partition coefficient (Wildman–Crippen LogP) is 3.04. The van der Waals surface area contributed by atoms with Crippen molar-refractivity contribution in [3.63, 3.8) is 0 Å². The van der Waals surface area contributed by atoms with E-state index in [-0.39, 0.29) is 29.7 Å². The van der Waals surface area contributed by atoms with Gasteiger partial charge in [-0.3, -0.25) is 4.79 Å². The Labute approximate surface area is 175 Å². The van der Waals surface area contributed by atoms with Crippen LogP contribution in [0.5, 0.6) is 5.75 Å². The van der Waals surface area contributed by atoms with E-state index in [1.165, 1.54) is 25.6 Å². The number of ether oxygens (including phenoxy) is 2. The van der Waals surface area contributed by atoms with Gasteiger partial charge in [-0.25, -0.2) is 18.1 Å². The summed E-state index contributed by atoms with van der Waals surface area (Å²) in [6, 6.07) is 4.92. The van der Waals surface area contributed by atoms with Gasteiger partial charge in [0.25, 0.3) is 0 Å². The van der Waals surface area contributed by atoms with E-state index < -0.39 is 15.4 Å². The average molecular weight is 442 g/mol. The topological polar surface area (TPSA) is 107 Å². The average Bonchev–Trinajstić information content (AvgIpc) is 3.00. The van der Waals surface area contributed by atoms with Crippen LogP contribution in [0.15, 0.2) is 23.1 Å². The number of rotatable bonds is 8. The summed E-state index contributed by atoms with van der Waals surface area (Å²) in [5, 5.41) is 3.28. The number of anilines is 1. The van der Waals surface area contributed by atoms with Crippen molar-refractivity contribution < 1.29 is 22.7 Å². The van der Waals surface area contributed by atoms with Crippen LogP contribution in [0.3, 0.4) is 0 Å². The minimum atomic E-state index is -3.79. The lowest BCUT2D eigenvalue weighted by Gasteiger charge is -2.15. The highest BCUT2D eigenvalue weighted by Gasteiger charge is 2.24. The van der Waals surface area contributed by atoms with Gasteiger partial charge in [0.05, 0.1) is 24.3 Å². The standard InChI is InChI=1S/C19H27N3O5S2/c1-12-16(28-18(21-12)22-17(23)19(2,3)4)13-7-8-14(27-6)15(11-13)29(24,25)20-9-10-26-5/h7-8,11,20H,9-10H2,1-6H3,(H,21,22,23). The van der Waals surface area contributed by atoms with Crippen molar-refractivity contribution in [3.8, 4) is 16.2 Å². The molecule has 0 aliphatic carbocycles. The number of aryl methyl sites for hydroxylation is 1. The van der Waals surface area contributed by atoms with Gasteiger partial charge in [-0.05, 0) is 30.7 Å². The van der Waals surface area contributed by atoms with Crippen molar-refractivity contribution in [3.05, 3.63) is 23.9 Å². The highest BCUT2D eigenvalue weighted by Crippen LogP contribution is 2.36. The minimum absolute atomic E-state index is 0.0293. The highest BCUT2D eigenvalue weighted by molar-refractivity contribution is 7.89. The normalized spacial score (nSPS) is 12.1. The molecule has 160 valence electrons. The van der Waals surface area contributed by atoms with Crippen LogP contribution >= 0.6 is 11.3 Å². The van der Waals surface area contributed by atoms with Crippen LogP contribution in [-0.2, 0) is 19.6 Å². The van der Waals surface area contributed by atoms with Crippen molar-refractivity contribution in [2.45, 2.75) is 32.6 Å². The molecule has 1 aromatic heterocycles. The maximum atomic E-state index is 12.7. The summed E-state index contributed by atoms with van der Waals surface area (Å²) in [6.45, 7) is 7.68. The molecule has 0 saturated heterocycles. The lowest BCUT2D eigenvalue weighted by atomic mass is 9.96. The summed E-state index contributed by atoms with van der Waals surface area (Å²) in [7, 11) is -0.875. The maximum absolute atomic E-state index is 12.7. The summed E-state index contributed by atoms with van der Waals surface area (Å²) in [6.07, 6.45) is 0. The van der Waals surface area contributed by atoms with E-state index in [1.54, 1.807) is 18.2 Å². The Bertz CT molecular complexity index is 978. The van der Waals surface area contributed by atoms with Gasteiger partial charge in [0.1, 0.15) is 10.6 Å². The van der Waals surface area contributed by atoms with Crippen LogP contribution in [0.2, 0.25) is 0 Å². The third kappa shape index (κ3) is 5.75. The highest BCUT2D eigenvalue weighted by atomic mass is 32.2.